The molecule has 1 N–H and O–H groups in total. The standard InChI is InChI=1S/C22H18FN3O3S/c1-14-21(15(2)25-22(24-14)29-19-12-6-5-11-18(19)23)26-30(27,28)20-13-7-9-16-8-3-4-10-17(16)20/h3-13,26H,1-2H3. The molecule has 1 aromatic heterocycles. The third kappa shape index (κ3) is 3.81. The number of para-hydroxylation sites is 1. The average molecular weight is 423 g/mol. The van der Waals surface area contributed by atoms with Crippen LogP contribution in [0.15, 0.2) is 71.6 Å². The fourth-order valence-corrected chi connectivity index (χ4v) is 4.53. The van der Waals surface area contributed by atoms with Crippen LogP contribution in [0.3, 0.4) is 0 Å². The first kappa shape index (κ1) is 19.8. The van der Waals surface area contributed by atoms with Crippen LogP contribution in [0.25, 0.3) is 10.8 Å². The summed E-state index contributed by atoms with van der Waals surface area (Å²) in [5.41, 5.74) is 0.971. The Balaban J connectivity index is 1.68. The molecule has 0 aliphatic rings. The molecule has 1 heterocycles. The third-order valence-corrected chi connectivity index (χ3v) is 5.97. The largest absolute Gasteiger partial charge is 0.421 e. The Labute approximate surface area is 173 Å². The Morgan fingerprint density at radius 1 is 0.867 bits per heavy atom. The van der Waals surface area contributed by atoms with Crippen molar-refractivity contribution in [2.75, 3.05) is 4.72 Å². The Hall–Kier alpha value is -3.52. The predicted octanol–water partition coefficient (Wildman–Crippen LogP) is 4.98. The number of aromatic nitrogens is 2. The number of rotatable bonds is 5. The second-order valence-electron chi connectivity index (χ2n) is 6.67. The Morgan fingerprint density at radius 3 is 2.23 bits per heavy atom. The quantitative estimate of drug-likeness (QED) is 0.490. The van der Waals surface area contributed by atoms with Gasteiger partial charge in [-0.2, -0.15) is 9.97 Å². The van der Waals surface area contributed by atoms with E-state index in [1.807, 2.05) is 18.2 Å². The Morgan fingerprint density at radius 2 is 1.50 bits per heavy atom. The number of fused-ring (bicyclic) bond motifs is 1. The van der Waals surface area contributed by atoms with E-state index in [0.29, 0.717) is 16.8 Å². The van der Waals surface area contributed by atoms with Crippen molar-refractivity contribution in [3.05, 3.63) is 83.9 Å². The number of sulfonamides is 1. The summed E-state index contributed by atoms with van der Waals surface area (Å²) in [5, 5.41) is 1.43. The normalized spacial score (nSPS) is 11.4. The highest BCUT2D eigenvalue weighted by atomic mass is 32.2. The van der Waals surface area contributed by atoms with E-state index in [9.17, 15) is 12.8 Å². The van der Waals surface area contributed by atoms with E-state index in [4.69, 9.17) is 4.74 Å². The summed E-state index contributed by atoms with van der Waals surface area (Å²) < 4.78 is 48.0. The minimum absolute atomic E-state index is 0.0135. The molecule has 0 fully saturated rings. The molecule has 152 valence electrons. The second kappa shape index (κ2) is 7.72. The number of aryl methyl sites for hydroxylation is 2. The van der Waals surface area contributed by atoms with Gasteiger partial charge in [-0.3, -0.25) is 4.72 Å². The SMILES string of the molecule is Cc1nc(Oc2ccccc2F)nc(C)c1NS(=O)(=O)c1cccc2ccccc12. The number of ether oxygens (including phenoxy) is 1. The number of hydrogen-bond donors (Lipinski definition) is 1. The van der Waals surface area contributed by atoms with Crippen molar-refractivity contribution in [1.29, 1.82) is 0 Å². The zero-order valence-electron chi connectivity index (χ0n) is 16.3. The minimum Gasteiger partial charge on any atom is -0.421 e. The summed E-state index contributed by atoms with van der Waals surface area (Å²) in [6.45, 7) is 3.26. The lowest BCUT2D eigenvalue weighted by Gasteiger charge is -2.15. The smallest absolute Gasteiger partial charge is 0.322 e. The molecule has 0 saturated carbocycles. The highest BCUT2D eigenvalue weighted by Crippen LogP contribution is 2.29. The van der Waals surface area contributed by atoms with Gasteiger partial charge in [0.2, 0.25) is 0 Å². The molecule has 3 aromatic carbocycles. The molecule has 0 amide bonds. The van der Waals surface area contributed by atoms with Crippen molar-refractivity contribution in [1.82, 2.24) is 9.97 Å². The number of anilines is 1. The summed E-state index contributed by atoms with van der Waals surface area (Å²) in [7, 11) is -3.89. The monoisotopic (exact) mass is 423 g/mol. The molecule has 0 saturated heterocycles. The van der Waals surface area contributed by atoms with Gasteiger partial charge >= 0.3 is 6.01 Å². The predicted molar refractivity (Wildman–Crippen MR) is 113 cm³/mol. The maximum Gasteiger partial charge on any atom is 0.322 e. The van der Waals surface area contributed by atoms with Gasteiger partial charge in [0.05, 0.1) is 22.0 Å². The molecule has 4 aromatic rings. The molecule has 0 bridgehead atoms. The molecule has 6 nitrogen and oxygen atoms in total. The van der Waals surface area contributed by atoms with Crippen molar-refractivity contribution in [2.24, 2.45) is 0 Å². The molecule has 8 heteroatoms. The number of nitrogens with one attached hydrogen (secondary N) is 1. The Bertz CT molecular complexity index is 1330. The minimum atomic E-state index is -3.89. The molecule has 0 atom stereocenters. The Kier molecular flexibility index (Phi) is 5.09. The first-order valence-electron chi connectivity index (χ1n) is 9.13. The van der Waals surface area contributed by atoms with Crippen LogP contribution in [0.1, 0.15) is 11.4 Å². The molecule has 0 aliphatic heterocycles. The van der Waals surface area contributed by atoms with Crippen LogP contribution < -0.4 is 9.46 Å². The van der Waals surface area contributed by atoms with Crippen molar-refractivity contribution in [2.45, 2.75) is 18.7 Å². The summed E-state index contributed by atoms with van der Waals surface area (Å²) in [6.07, 6.45) is 0. The van der Waals surface area contributed by atoms with E-state index in [-0.39, 0.29) is 22.3 Å². The van der Waals surface area contributed by atoms with E-state index in [2.05, 4.69) is 14.7 Å². The molecule has 0 spiro atoms. The van der Waals surface area contributed by atoms with Crippen LogP contribution in [0.5, 0.6) is 11.8 Å². The molecular formula is C22H18FN3O3S. The maximum atomic E-state index is 13.8. The molecule has 0 radical (unpaired) electrons. The fourth-order valence-electron chi connectivity index (χ4n) is 3.12. The van der Waals surface area contributed by atoms with Gasteiger partial charge in [-0.15, -0.1) is 0 Å². The van der Waals surface area contributed by atoms with Gasteiger partial charge in [-0.25, -0.2) is 12.8 Å². The zero-order valence-corrected chi connectivity index (χ0v) is 17.1. The second-order valence-corrected chi connectivity index (χ2v) is 8.32. The zero-order chi connectivity index (χ0) is 21.3. The number of nitrogens with zero attached hydrogens (tertiary/aromatic N) is 2. The lowest BCUT2D eigenvalue weighted by atomic mass is 10.1. The van der Waals surface area contributed by atoms with Crippen LogP contribution in [0, 0.1) is 19.7 Å². The molecule has 4 rings (SSSR count). The van der Waals surface area contributed by atoms with Crippen molar-refractivity contribution >= 4 is 26.5 Å². The highest BCUT2D eigenvalue weighted by Gasteiger charge is 2.21. The van der Waals surface area contributed by atoms with Crippen molar-refractivity contribution < 1.29 is 17.5 Å². The summed E-state index contributed by atoms with van der Waals surface area (Å²) in [5.74, 6) is -0.558. The summed E-state index contributed by atoms with van der Waals surface area (Å²) >= 11 is 0. The first-order valence-corrected chi connectivity index (χ1v) is 10.6. The van der Waals surface area contributed by atoms with Gasteiger partial charge in [-0.05, 0) is 37.4 Å². The van der Waals surface area contributed by atoms with Gasteiger partial charge in [0.15, 0.2) is 11.6 Å². The van der Waals surface area contributed by atoms with E-state index < -0.39 is 15.8 Å². The maximum absolute atomic E-state index is 13.8. The van der Waals surface area contributed by atoms with Gasteiger partial charge in [-0.1, -0.05) is 48.5 Å². The van der Waals surface area contributed by atoms with Crippen molar-refractivity contribution in [3.8, 4) is 11.8 Å². The molecule has 0 aliphatic carbocycles. The summed E-state index contributed by atoms with van der Waals surface area (Å²) in [4.78, 5) is 8.53. The van der Waals surface area contributed by atoms with Crippen LogP contribution in [0.2, 0.25) is 0 Å². The average Bonchev–Trinajstić information content (AvgIpc) is 2.72. The number of benzene rings is 3. The third-order valence-electron chi connectivity index (χ3n) is 4.56. The van der Waals surface area contributed by atoms with E-state index in [1.165, 1.54) is 12.1 Å². The topological polar surface area (TPSA) is 81.2 Å². The van der Waals surface area contributed by atoms with Crippen molar-refractivity contribution in [3.63, 3.8) is 0 Å². The van der Waals surface area contributed by atoms with E-state index in [0.717, 1.165) is 5.39 Å². The molecular weight excluding hydrogens is 405 g/mol. The number of hydrogen-bond acceptors (Lipinski definition) is 5. The van der Waals surface area contributed by atoms with Gasteiger partial charge < -0.3 is 4.74 Å². The van der Waals surface area contributed by atoms with Crippen LogP contribution in [0.4, 0.5) is 10.1 Å². The first-order chi connectivity index (χ1) is 14.3. The number of halogens is 1. The van der Waals surface area contributed by atoms with Gasteiger partial charge in [0, 0.05) is 5.39 Å². The van der Waals surface area contributed by atoms with Gasteiger partial charge in [0.25, 0.3) is 10.0 Å². The summed E-state index contributed by atoms with van der Waals surface area (Å²) in [6, 6.07) is 18.2. The lowest BCUT2D eigenvalue weighted by molar-refractivity contribution is 0.409. The van der Waals surface area contributed by atoms with E-state index in [1.54, 1.807) is 50.2 Å². The fraction of sp³-hybridized carbons (Fsp3) is 0.0909. The lowest BCUT2D eigenvalue weighted by Crippen LogP contribution is -2.16. The van der Waals surface area contributed by atoms with Gasteiger partial charge in [0.1, 0.15) is 0 Å². The van der Waals surface area contributed by atoms with Crippen LogP contribution in [-0.2, 0) is 10.0 Å². The van der Waals surface area contributed by atoms with Crippen LogP contribution >= 0.6 is 0 Å². The van der Waals surface area contributed by atoms with E-state index >= 15 is 0 Å². The molecule has 0 unspecified atom stereocenters. The molecule has 30 heavy (non-hydrogen) atoms. The van der Waals surface area contributed by atoms with Crippen LogP contribution in [-0.4, -0.2) is 18.4 Å². The highest BCUT2D eigenvalue weighted by molar-refractivity contribution is 7.93.